The topological polar surface area (TPSA) is 77.0 Å². The molecule has 2 rings (SSSR count). The summed E-state index contributed by atoms with van der Waals surface area (Å²) in [4.78, 5) is 3.84. The molecule has 2 atom stereocenters. The van der Waals surface area contributed by atoms with Crippen LogP contribution in [0, 0.1) is 0 Å². The van der Waals surface area contributed by atoms with E-state index in [1.165, 1.54) is 17.3 Å². The van der Waals surface area contributed by atoms with Crippen LogP contribution in [0.5, 0.6) is 0 Å². The van der Waals surface area contributed by atoms with E-state index in [0.717, 1.165) is 0 Å². The number of hydrogen-bond acceptors (Lipinski definition) is 4. The molecule has 0 saturated carbocycles. The molecule has 102 valence electrons. The summed E-state index contributed by atoms with van der Waals surface area (Å²) in [7, 11) is 0. The first-order valence-electron chi connectivity index (χ1n) is 5.69. The minimum Gasteiger partial charge on any atom is -0.382 e. The predicted molar refractivity (Wildman–Crippen MR) is 74.0 cm³/mol. The number of halogens is 2. The summed E-state index contributed by atoms with van der Waals surface area (Å²) in [6, 6.07) is 4.37. The van der Waals surface area contributed by atoms with Gasteiger partial charge in [-0.1, -0.05) is 29.3 Å². The van der Waals surface area contributed by atoms with Gasteiger partial charge in [-0.2, -0.15) is 5.10 Å². The second-order valence-electron chi connectivity index (χ2n) is 4.43. The largest absolute Gasteiger partial charge is 0.382 e. The van der Waals surface area contributed by atoms with E-state index in [0.29, 0.717) is 15.6 Å². The van der Waals surface area contributed by atoms with Gasteiger partial charge in [0.05, 0.1) is 6.54 Å². The molecule has 3 N–H and O–H groups in total. The number of rotatable bonds is 4. The Morgan fingerprint density at radius 2 is 2.21 bits per heavy atom. The van der Waals surface area contributed by atoms with Crippen LogP contribution in [0.3, 0.4) is 0 Å². The highest BCUT2D eigenvalue weighted by Gasteiger charge is 2.36. The van der Waals surface area contributed by atoms with Gasteiger partial charge in [0, 0.05) is 21.7 Å². The second-order valence-corrected chi connectivity index (χ2v) is 5.27. The zero-order valence-electron chi connectivity index (χ0n) is 10.3. The van der Waals surface area contributed by atoms with Gasteiger partial charge in [0.1, 0.15) is 18.3 Å². The van der Waals surface area contributed by atoms with Crippen molar-refractivity contribution >= 4 is 23.2 Å². The number of aromatic nitrogens is 3. The molecule has 1 heterocycles. The molecule has 1 aromatic carbocycles. The first-order chi connectivity index (χ1) is 8.93. The fraction of sp³-hybridized carbons (Fsp3) is 0.333. The molecule has 0 aliphatic carbocycles. The summed E-state index contributed by atoms with van der Waals surface area (Å²) in [5.74, 6) is 0. The number of benzene rings is 1. The second kappa shape index (κ2) is 5.46. The van der Waals surface area contributed by atoms with Crippen LogP contribution in [-0.2, 0) is 12.1 Å². The molecule has 1 aromatic heterocycles. The van der Waals surface area contributed by atoms with Crippen LogP contribution in [0.1, 0.15) is 12.5 Å². The van der Waals surface area contributed by atoms with Gasteiger partial charge in [-0.3, -0.25) is 0 Å². The van der Waals surface area contributed by atoms with Gasteiger partial charge in [-0.15, -0.1) is 0 Å². The van der Waals surface area contributed by atoms with E-state index in [-0.39, 0.29) is 6.54 Å². The fourth-order valence-electron chi connectivity index (χ4n) is 1.88. The maximum atomic E-state index is 10.9. The van der Waals surface area contributed by atoms with Gasteiger partial charge in [-0.25, -0.2) is 9.67 Å². The van der Waals surface area contributed by atoms with Gasteiger partial charge >= 0.3 is 0 Å². The van der Waals surface area contributed by atoms with Crippen LogP contribution >= 0.6 is 23.2 Å². The number of nitrogens with two attached hydrogens (primary N) is 1. The Balaban J connectivity index is 2.43. The summed E-state index contributed by atoms with van der Waals surface area (Å²) in [6.07, 6.45) is 2.91. The summed E-state index contributed by atoms with van der Waals surface area (Å²) in [5, 5.41) is 15.7. The fourth-order valence-corrected chi connectivity index (χ4v) is 2.45. The Kier molecular flexibility index (Phi) is 4.10. The number of nitrogens with zero attached hydrogens (tertiary/aromatic N) is 3. The normalized spacial score (nSPS) is 16.1. The number of aliphatic hydroxyl groups is 1. The molecule has 0 radical (unpaired) electrons. The molecule has 0 amide bonds. The van der Waals surface area contributed by atoms with E-state index in [1.54, 1.807) is 25.1 Å². The van der Waals surface area contributed by atoms with Gasteiger partial charge in [-0.05, 0) is 19.1 Å². The third kappa shape index (κ3) is 2.90. The molecule has 0 aliphatic heterocycles. The van der Waals surface area contributed by atoms with Gasteiger partial charge in [0.2, 0.25) is 0 Å². The van der Waals surface area contributed by atoms with Crippen molar-refractivity contribution in [3.63, 3.8) is 0 Å². The van der Waals surface area contributed by atoms with E-state index < -0.39 is 11.6 Å². The van der Waals surface area contributed by atoms with Crippen LogP contribution in [0.25, 0.3) is 0 Å². The van der Waals surface area contributed by atoms with Crippen molar-refractivity contribution in [2.24, 2.45) is 5.73 Å². The highest BCUT2D eigenvalue weighted by Crippen LogP contribution is 2.33. The van der Waals surface area contributed by atoms with Crippen LogP contribution in [0.15, 0.2) is 30.9 Å². The zero-order chi connectivity index (χ0) is 14.0. The molecular formula is C12H14Cl2N4O. The molecule has 0 unspecified atom stereocenters. The molecule has 2 aromatic rings. The van der Waals surface area contributed by atoms with Crippen molar-refractivity contribution in [2.75, 3.05) is 0 Å². The SMILES string of the molecule is C[C@@H](N)[C@](O)(Cn1cncn1)c1ccc(Cl)cc1Cl. The third-order valence-corrected chi connectivity index (χ3v) is 3.57. The Morgan fingerprint density at radius 3 is 2.74 bits per heavy atom. The molecule has 0 bridgehead atoms. The molecular weight excluding hydrogens is 287 g/mol. The molecule has 0 fully saturated rings. The van der Waals surface area contributed by atoms with Crippen molar-refractivity contribution in [2.45, 2.75) is 25.1 Å². The van der Waals surface area contributed by atoms with E-state index in [4.69, 9.17) is 28.9 Å². The van der Waals surface area contributed by atoms with Gasteiger partial charge in [0.15, 0.2) is 0 Å². The third-order valence-electron chi connectivity index (χ3n) is 3.02. The zero-order valence-corrected chi connectivity index (χ0v) is 11.8. The van der Waals surface area contributed by atoms with Crippen molar-refractivity contribution in [3.8, 4) is 0 Å². The summed E-state index contributed by atoms with van der Waals surface area (Å²) in [5.41, 5.74) is 5.09. The van der Waals surface area contributed by atoms with Crippen molar-refractivity contribution < 1.29 is 5.11 Å². The summed E-state index contributed by atoms with van der Waals surface area (Å²) < 4.78 is 1.51. The Bertz CT molecular complexity index is 559. The van der Waals surface area contributed by atoms with Crippen LogP contribution in [-0.4, -0.2) is 25.9 Å². The quantitative estimate of drug-likeness (QED) is 0.903. The lowest BCUT2D eigenvalue weighted by Gasteiger charge is -2.33. The minimum absolute atomic E-state index is 0.159. The van der Waals surface area contributed by atoms with E-state index in [1.807, 2.05) is 0 Å². The van der Waals surface area contributed by atoms with Gasteiger partial charge < -0.3 is 10.8 Å². The molecule has 0 spiro atoms. The summed E-state index contributed by atoms with van der Waals surface area (Å²) >= 11 is 12.0. The van der Waals surface area contributed by atoms with Crippen molar-refractivity contribution in [3.05, 3.63) is 46.5 Å². The van der Waals surface area contributed by atoms with E-state index >= 15 is 0 Å². The Hall–Kier alpha value is -1.14. The lowest BCUT2D eigenvalue weighted by Crippen LogP contribution is -2.47. The van der Waals surface area contributed by atoms with Crippen LogP contribution in [0.2, 0.25) is 10.0 Å². The average molecular weight is 301 g/mol. The average Bonchev–Trinajstić information content (AvgIpc) is 2.81. The molecule has 7 heteroatoms. The molecule has 19 heavy (non-hydrogen) atoms. The van der Waals surface area contributed by atoms with Crippen LogP contribution < -0.4 is 5.73 Å². The van der Waals surface area contributed by atoms with E-state index in [9.17, 15) is 5.11 Å². The van der Waals surface area contributed by atoms with Crippen molar-refractivity contribution in [1.29, 1.82) is 0 Å². The molecule has 0 aliphatic rings. The molecule has 0 saturated heterocycles. The lowest BCUT2D eigenvalue weighted by molar-refractivity contribution is -0.00527. The maximum absolute atomic E-state index is 10.9. The first-order valence-corrected chi connectivity index (χ1v) is 6.45. The Labute approximate surface area is 121 Å². The highest BCUT2D eigenvalue weighted by molar-refractivity contribution is 6.35. The predicted octanol–water partition coefficient (Wildman–Crippen LogP) is 1.82. The monoisotopic (exact) mass is 300 g/mol. The highest BCUT2D eigenvalue weighted by atomic mass is 35.5. The molecule has 5 nitrogen and oxygen atoms in total. The van der Waals surface area contributed by atoms with Crippen LogP contribution in [0.4, 0.5) is 0 Å². The first kappa shape index (κ1) is 14.3. The minimum atomic E-state index is -1.35. The Morgan fingerprint density at radius 1 is 1.47 bits per heavy atom. The maximum Gasteiger partial charge on any atom is 0.137 e. The number of hydrogen-bond donors (Lipinski definition) is 2. The standard InChI is InChI=1S/C12H14Cl2N4O/c1-8(15)12(19,5-18-7-16-6-17-18)10-3-2-9(13)4-11(10)14/h2-4,6-8,19H,5,15H2,1H3/t8-,12-/m1/s1. The van der Waals surface area contributed by atoms with E-state index in [2.05, 4.69) is 10.1 Å². The van der Waals surface area contributed by atoms with Crippen molar-refractivity contribution in [1.82, 2.24) is 14.8 Å². The van der Waals surface area contributed by atoms with Gasteiger partial charge in [0.25, 0.3) is 0 Å². The lowest BCUT2D eigenvalue weighted by atomic mass is 9.87. The summed E-state index contributed by atoms with van der Waals surface area (Å²) in [6.45, 7) is 1.87. The smallest absolute Gasteiger partial charge is 0.137 e.